The second-order valence-corrected chi connectivity index (χ2v) is 5.02. The third-order valence-electron chi connectivity index (χ3n) is 3.34. The van der Waals surface area contributed by atoms with Crippen molar-refractivity contribution in [3.8, 4) is 0 Å². The van der Waals surface area contributed by atoms with Gasteiger partial charge in [-0.25, -0.2) is 0 Å². The van der Waals surface area contributed by atoms with Crippen LogP contribution in [0.1, 0.15) is 24.4 Å². The van der Waals surface area contributed by atoms with Crippen molar-refractivity contribution in [2.45, 2.75) is 32.4 Å². The minimum Gasteiger partial charge on any atom is -0.464 e. The molecule has 2 heterocycles. The molecular formula is C14H22N2O3. The number of carbonyl (C=O) groups is 1. The van der Waals surface area contributed by atoms with Crippen molar-refractivity contribution in [3.05, 3.63) is 23.7 Å². The summed E-state index contributed by atoms with van der Waals surface area (Å²) in [4.78, 5) is 13.6. The molecule has 19 heavy (non-hydrogen) atoms. The smallest absolute Gasteiger partial charge is 0.248 e. The van der Waals surface area contributed by atoms with E-state index in [-0.39, 0.29) is 18.6 Å². The van der Waals surface area contributed by atoms with Gasteiger partial charge >= 0.3 is 0 Å². The zero-order valence-corrected chi connectivity index (χ0v) is 11.6. The lowest BCUT2D eigenvalue weighted by atomic mass is 10.1. The van der Waals surface area contributed by atoms with Gasteiger partial charge in [-0.05, 0) is 45.0 Å². The molecule has 0 spiro atoms. The summed E-state index contributed by atoms with van der Waals surface area (Å²) in [6.45, 7) is 4.48. The summed E-state index contributed by atoms with van der Waals surface area (Å²) in [5, 5.41) is 3.27. The fourth-order valence-corrected chi connectivity index (χ4v) is 2.15. The molecule has 0 saturated carbocycles. The minimum absolute atomic E-state index is 0.00687. The average Bonchev–Trinajstić information content (AvgIpc) is 2.82. The Balaban J connectivity index is 1.72. The first-order valence-electron chi connectivity index (χ1n) is 6.77. The highest BCUT2D eigenvalue weighted by atomic mass is 16.5. The highest BCUT2D eigenvalue weighted by Crippen LogP contribution is 2.10. The van der Waals surface area contributed by atoms with Crippen LogP contribution in [0.5, 0.6) is 0 Å². The molecule has 0 atom stereocenters. The monoisotopic (exact) mass is 266 g/mol. The predicted molar refractivity (Wildman–Crippen MR) is 71.8 cm³/mol. The molecule has 1 N–H and O–H groups in total. The van der Waals surface area contributed by atoms with Crippen LogP contribution >= 0.6 is 0 Å². The number of nitrogens with zero attached hydrogens (tertiary/aromatic N) is 1. The van der Waals surface area contributed by atoms with Crippen LogP contribution < -0.4 is 5.32 Å². The number of furan rings is 1. The van der Waals surface area contributed by atoms with E-state index in [1.54, 1.807) is 11.9 Å². The number of carbonyl (C=O) groups excluding carboxylic acids is 1. The predicted octanol–water partition coefficient (Wildman–Crippen LogP) is 1.32. The van der Waals surface area contributed by atoms with Crippen LogP contribution in [0.2, 0.25) is 0 Å². The maximum Gasteiger partial charge on any atom is 0.248 e. The molecule has 1 aromatic heterocycles. The molecule has 5 nitrogen and oxygen atoms in total. The molecule has 0 aliphatic carbocycles. The molecule has 2 rings (SSSR count). The van der Waals surface area contributed by atoms with E-state index in [1.807, 2.05) is 19.1 Å². The number of hydrogen-bond donors (Lipinski definition) is 1. The lowest BCUT2D eigenvalue weighted by Crippen LogP contribution is -2.36. The van der Waals surface area contributed by atoms with Crippen LogP contribution in [0.3, 0.4) is 0 Å². The van der Waals surface area contributed by atoms with E-state index in [9.17, 15) is 4.79 Å². The third-order valence-corrected chi connectivity index (χ3v) is 3.34. The standard InChI is InChI=1S/C14H22N2O3/c1-11-3-4-13(19-11)9-16(2)14(17)10-18-12-5-7-15-8-6-12/h3-4,12,15H,5-10H2,1-2H3. The van der Waals surface area contributed by atoms with Crippen molar-refractivity contribution in [1.82, 2.24) is 10.2 Å². The van der Waals surface area contributed by atoms with Crippen LogP contribution in [-0.4, -0.2) is 43.7 Å². The minimum atomic E-state index is -0.00687. The van der Waals surface area contributed by atoms with E-state index in [2.05, 4.69) is 5.32 Å². The van der Waals surface area contributed by atoms with Crippen LogP contribution in [-0.2, 0) is 16.1 Å². The Labute approximate surface area is 113 Å². The number of rotatable bonds is 5. The van der Waals surface area contributed by atoms with E-state index >= 15 is 0 Å². The number of likely N-dealkylation sites (N-methyl/N-ethyl adjacent to an activating group) is 1. The van der Waals surface area contributed by atoms with E-state index in [0.29, 0.717) is 6.54 Å². The van der Waals surface area contributed by atoms with Crippen LogP contribution in [0.25, 0.3) is 0 Å². The van der Waals surface area contributed by atoms with Crippen molar-refractivity contribution < 1.29 is 13.9 Å². The van der Waals surface area contributed by atoms with Gasteiger partial charge in [0.2, 0.25) is 5.91 Å². The third kappa shape index (κ3) is 4.36. The van der Waals surface area contributed by atoms with Gasteiger partial charge in [0.25, 0.3) is 0 Å². The first kappa shape index (κ1) is 14.1. The summed E-state index contributed by atoms with van der Waals surface area (Å²) in [6.07, 6.45) is 2.17. The lowest BCUT2D eigenvalue weighted by Gasteiger charge is -2.24. The number of aryl methyl sites for hydroxylation is 1. The van der Waals surface area contributed by atoms with Crippen molar-refractivity contribution in [1.29, 1.82) is 0 Å². The summed E-state index contributed by atoms with van der Waals surface area (Å²) >= 11 is 0. The van der Waals surface area contributed by atoms with Crippen molar-refractivity contribution in [2.75, 3.05) is 26.7 Å². The van der Waals surface area contributed by atoms with Crippen LogP contribution in [0.15, 0.2) is 16.5 Å². The Bertz CT molecular complexity index is 411. The SMILES string of the molecule is Cc1ccc(CN(C)C(=O)COC2CCNCC2)o1. The normalized spacial score (nSPS) is 16.5. The molecule has 0 radical (unpaired) electrons. The fraction of sp³-hybridized carbons (Fsp3) is 0.643. The second-order valence-electron chi connectivity index (χ2n) is 5.02. The van der Waals surface area contributed by atoms with Gasteiger partial charge in [0.05, 0.1) is 12.6 Å². The number of ether oxygens (including phenoxy) is 1. The summed E-state index contributed by atoms with van der Waals surface area (Å²) < 4.78 is 11.1. The maximum atomic E-state index is 11.9. The Hall–Kier alpha value is -1.33. The van der Waals surface area contributed by atoms with E-state index in [0.717, 1.165) is 37.5 Å². The molecule has 1 aromatic rings. The van der Waals surface area contributed by atoms with Gasteiger partial charge in [-0.1, -0.05) is 0 Å². The van der Waals surface area contributed by atoms with Gasteiger partial charge < -0.3 is 19.4 Å². The Kier molecular flexibility index (Phi) is 4.99. The number of piperidine rings is 1. The molecule has 0 unspecified atom stereocenters. The van der Waals surface area contributed by atoms with Gasteiger partial charge in [-0.2, -0.15) is 0 Å². The van der Waals surface area contributed by atoms with Gasteiger partial charge in [0, 0.05) is 7.05 Å². The van der Waals surface area contributed by atoms with Crippen LogP contribution in [0, 0.1) is 6.92 Å². The highest BCUT2D eigenvalue weighted by Gasteiger charge is 2.17. The van der Waals surface area contributed by atoms with Gasteiger partial charge in [-0.15, -0.1) is 0 Å². The van der Waals surface area contributed by atoms with Crippen molar-refractivity contribution in [2.24, 2.45) is 0 Å². The van der Waals surface area contributed by atoms with Gasteiger partial charge in [0.15, 0.2) is 0 Å². The summed E-state index contributed by atoms with van der Waals surface area (Å²) in [5.74, 6) is 1.66. The number of nitrogens with one attached hydrogen (secondary N) is 1. The fourth-order valence-electron chi connectivity index (χ4n) is 2.15. The molecule has 1 fully saturated rings. The first-order valence-corrected chi connectivity index (χ1v) is 6.77. The number of amides is 1. The first-order chi connectivity index (χ1) is 9.15. The molecule has 1 aliphatic rings. The zero-order chi connectivity index (χ0) is 13.7. The number of hydrogen-bond acceptors (Lipinski definition) is 4. The summed E-state index contributed by atoms with van der Waals surface area (Å²) in [6, 6.07) is 3.80. The second kappa shape index (κ2) is 6.73. The van der Waals surface area contributed by atoms with E-state index in [1.165, 1.54) is 0 Å². The maximum absolute atomic E-state index is 11.9. The quantitative estimate of drug-likeness (QED) is 0.873. The Morgan fingerprint density at radius 2 is 2.21 bits per heavy atom. The molecule has 1 aliphatic heterocycles. The Morgan fingerprint density at radius 1 is 1.47 bits per heavy atom. The van der Waals surface area contributed by atoms with Crippen molar-refractivity contribution in [3.63, 3.8) is 0 Å². The molecule has 1 saturated heterocycles. The summed E-state index contributed by atoms with van der Waals surface area (Å²) in [5.41, 5.74) is 0. The van der Waals surface area contributed by atoms with Crippen LogP contribution in [0.4, 0.5) is 0 Å². The molecular weight excluding hydrogens is 244 g/mol. The topological polar surface area (TPSA) is 54.7 Å². The summed E-state index contributed by atoms with van der Waals surface area (Å²) in [7, 11) is 1.77. The van der Waals surface area contributed by atoms with Gasteiger partial charge in [0.1, 0.15) is 18.1 Å². The van der Waals surface area contributed by atoms with Gasteiger partial charge in [-0.3, -0.25) is 4.79 Å². The van der Waals surface area contributed by atoms with E-state index in [4.69, 9.17) is 9.15 Å². The largest absolute Gasteiger partial charge is 0.464 e. The average molecular weight is 266 g/mol. The highest BCUT2D eigenvalue weighted by molar-refractivity contribution is 5.77. The molecule has 1 amide bonds. The Morgan fingerprint density at radius 3 is 2.84 bits per heavy atom. The zero-order valence-electron chi connectivity index (χ0n) is 11.6. The van der Waals surface area contributed by atoms with Crippen molar-refractivity contribution >= 4 is 5.91 Å². The molecule has 0 aromatic carbocycles. The molecule has 106 valence electrons. The molecule has 0 bridgehead atoms. The lowest BCUT2D eigenvalue weighted by molar-refractivity contribution is -0.138. The van der Waals surface area contributed by atoms with E-state index < -0.39 is 0 Å². The molecule has 5 heteroatoms.